The number of aryl methyl sites for hydroxylation is 3. The Morgan fingerprint density at radius 2 is 1.81 bits per heavy atom. The molecular formula is C17H17N3O4S2. The highest BCUT2D eigenvalue weighted by atomic mass is 32.1. The molecule has 3 heterocycles. The van der Waals surface area contributed by atoms with E-state index in [1.165, 1.54) is 11.3 Å². The second kappa shape index (κ2) is 7.00. The van der Waals surface area contributed by atoms with E-state index in [1.54, 1.807) is 20.8 Å². The molecule has 3 aromatic rings. The number of carbonyl (C=O) groups is 2. The summed E-state index contributed by atoms with van der Waals surface area (Å²) < 4.78 is 5.56. The molecule has 0 aliphatic rings. The molecule has 1 unspecified atom stereocenters. The van der Waals surface area contributed by atoms with Gasteiger partial charge < -0.3 is 14.8 Å². The number of hydrogen-bond acceptors (Lipinski definition) is 7. The van der Waals surface area contributed by atoms with Crippen LogP contribution in [0, 0.1) is 20.8 Å². The Balaban J connectivity index is 1.78. The van der Waals surface area contributed by atoms with Crippen molar-refractivity contribution in [2.45, 2.75) is 33.7 Å². The number of rotatable bonds is 5. The van der Waals surface area contributed by atoms with Crippen LogP contribution < -0.4 is 5.32 Å². The minimum absolute atomic E-state index is 0.186. The van der Waals surface area contributed by atoms with E-state index in [1.807, 2.05) is 19.1 Å². The lowest BCUT2D eigenvalue weighted by Crippen LogP contribution is -2.26. The SMILES string of the molecule is Cc1ccc(-c2nc(C)c(C(=O)NC(C)c3nc(C)c(C(=O)O)s3)s2)o1. The van der Waals surface area contributed by atoms with Crippen molar-refractivity contribution < 1.29 is 19.1 Å². The molecule has 0 aromatic carbocycles. The van der Waals surface area contributed by atoms with Gasteiger partial charge >= 0.3 is 5.97 Å². The number of carbonyl (C=O) groups excluding carboxylic acids is 1. The number of amides is 1. The van der Waals surface area contributed by atoms with Crippen LogP contribution in [0.4, 0.5) is 0 Å². The Labute approximate surface area is 157 Å². The van der Waals surface area contributed by atoms with Crippen LogP contribution in [0.5, 0.6) is 0 Å². The topological polar surface area (TPSA) is 105 Å². The Morgan fingerprint density at radius 3 is 2.38 bits per heavy atom. The lowest BCUT2D eigenvalue weighted by molar-refractivity contribution is 0.0700. The van der Waals surface area contributed by atoms with Gasteiger partial charge in [0.25, 0.3) is 5.91 Å². The van der Waals surface area contributed by atoms with E-state index >= 15 is 0 Å². The fourth-order valence-electron chi connectivity index (χ4n) is 2.39. The molecule has 3 aromatic heterocycles. The van der Waals surface area contributed by atoms with Crippen molar-refractivity contribution in [2.75, 3.05) is 0 Å². The van der Waals surface area contributed by atoms with Crippen molar-refractivity contribution in [3.63, 3.8) is 0 Å². The third-order valence-electron chi connectivity index (χ3n) is 3.68. The van der Waals surface area contributed by atoms with Gasteiger partial charge in [-0.2, -0.15) is 0 Å². The minimum Gasteiger partial charge on any atom is -0.477 e. The number of hydrogen-bond donors (Lipinski definition) is 2. The summed E-state index contributed by atoms with van der Waals surface area (Å²) in [7, 11) is 0. The number of nitrogens with zero attached hydrogens (tertiary/aromatic N) is 2. The van der Waals surface area contributed by atoms with Crippen molar-refractivity contribution in [3.05, 3.63) is 44.0 Å². The standard InChI is InChI=1S/C17H17N3O4S2/c1-7-5-6-11(24-7)16-20-8(2)12(25-16)14(21)18-10(4)15-19-9(3)13(26-15)17(22)23/h5-6,10H,1-4H3,(H,18,21)(H,22,23). The molecule has 9 heteroatoms. The van der Waals surface area contributed by atoms with E-state index < -0.39 is 12.0 Å². The Kier molecular flexibility index (Phi) is 4.92. The first-order valence-electron chi connectivity index (χ1n) is 7.82. The maximum absolute atomic E-state index is 12.6. The van der Waals surface area contributed by atoms with Gasteiger partial charge in [0.1, 0.15) is 20.5 Å². The van der Waals surface area contributed by atoms with Crippen molar-refractivity contribution >= 4 is 34.6 Å². The monoisotopic (exact) mass is 391 g/mol. The molecule has 136 valence electrons. The lowest BCUT2D eigenvalue weighted by Gasteiger charge is -2.10. The van der Waals surface area contributed by atoms with Gasteiger partial charge in [-0.1, -0.05) is 0 Å². The van der Waals surface area contributed by atoms with Gasteiger partial charge in [-0.3, -0.25) is 4.79 Å². The molecule has 0 radical (unpaired) electrons. The molecule has 0 saturated heterocycles. The van der Waals surface area contributed by atoms with Gasteiger partial charge in [0, 0.05) is 0 Å². The van der Waals surface area contributed by atoms with Crippen LogP contribution in [0.3, 0.4) is 0 Å². The Bertz CT molecular complexity index is 986. The third-order valence-corrected chi connectivity index (χ3v) is 6.18. The Hall–Kier alpha value is -2.52. The zero-order valence-electron chi connectivity index (χ0n) is 14.6. The molecule has 0 fully saturated rings. The smallest absolute Gasteiger partial charge is 0.347 e. The number of thiazole rings is 2. The molecule has 0 saturated carbocycles. The van der Waals surface area contributed by atoms with E-state index in [0.29, 0.717) is 32.0 Å². The second-order valence-electron chi connectivity index (χ2n) is 5.81. The number of carboxylic acids is 1. The number of furan rings is 1. The average molecular weight is 391 g/mol. The van der Waals surface area contributed by atoms with Crippen LogP contribution in [0.15, 0.2) is 16.5 Å². The summed E-state index contributed by atoms with van der Waals surface area (Å²) in [5.74, 6) is 0.124. The molecule has 2 N–H and O–H groups in total. The zero-order chi connectivity index (χ0) is 19.0. The quantitative estimate of drug-likeness (QED) is 0.682. The van der Waals surface area contributed by atoms with Crippen molar-refractivity contribution in [1.82, 2.24) is 15.3 Å². The molecule has 26 heavy (non-hydrogen) atoms. The highest BCUT2D eigenvalue weighted by molar-refractivity contribution is 7.17. The predicted octanol–water partition coefficient (Wildman–Crippen LogP) is 3.97. The molecule has 0 spiro atoms. The van der Waals surface area contributed by atoms with Crippen LogP contribution in [0.25, 0.3) is 10.8 Å². The first-order valence-corrected chi connectivity index (χ1v) is 9.45. The molecule has 0 bridgehead atoms. The van der Waals surface area contributed by atoms with Crippen LogP contribution in [-0.4, -0.2) is 27.0 Å². The van der Waals surface area contributed by atoms with Gasteiger partial charge in [-0.15, -0.1) is 22.7 Å². The first-order chi connectivity index (χ1) is 12.3. The molecule has 7 nitrogen and oxygen atoms in total. The van der Waals surface area contributed by atoms with Gasteiger partial charge in [0.2, 0.25) is 0 Å². The molecule has 1 amide bonds. The van der Waals surface area contributed by atoms with Crippen LogP contribution in [0.1, 0.15) is 54.5 Å². The summed E-state index contributed by atoms with van der Waals surface area (Å²) in [6, 6.07) is 3.26. The van der Waals surface area contributed by atoms with E-state index in [0.717, 1.165) is 17.1 Å². The van der Waals surface area contributed by atoms with Gasteiger partial charge in [0.05, 0.1) is 17.4 Å². The van der Waals surface area contributed by atoms with Crippen molar-refractivity contribution in [2.24, 2.45) is 0 Å². The molecular weight excluding hydrogens is 374 g/mol. The summed E-state index contributed by atoms with van der Waals surface area (Å²) in [5.41, 5.74) is 1.06. The first kappa shape index (κ1) is 18.3. The van der Waals surface area contributed by atoms with Crippen LogP contribution >= 0.6 is 22.7 Å². The van der Waals surface area contributed by atoms with E-state index in [4.69, 9.17) is 9.52 Å². The fraction of sp³-hybridized carbons (Fsp3) is 0.294. The summed E-state index contributed by atoms with van der Waals surface area (Å²) in [6.45, 7) is 7.03. The third kappa shape index (κ3) is 3.54. The number of aromatic carboxylic acids is 1. The van der Waals surface area contributed by atoms with Gasteiger partial charge in [-0.25, -0.2) is 14.8 Å². The van der Waals surface area contributed by atoms with E-state index in [-0.39, 0.29) is 10.8 Å². The van der Waals surface area contributed by atoms with E-state index in [9.17, 15) is 9.59 Å². The van der Waals surface area contributed by atoms with Crippen molar-refractivity contribution in [1.29, 1.82) is 0 Å². The normalized spacial score (nSPS) is 12.2. The minimum atomic E-state index is -1.01. The highest BCUT2D eigenvalue weighted by Crippen LogP contribution is 2.30. The van der Waals surface area contributed by atoms with Crippen LogP contribution in [0.2, 0.25) is 0 Å². The number of carboxylic acid groups (broad SMARTS) is 1. The largest absolute Gasteiger partial charge is 0.477 e. The maximum Gasteiger partial charge on any atom is 0.347 e. The fourth-order valence-corrected chi connectivity index (χ4v) is 4.23. The second-order valence-corrected chi connectivity index (χ2v) is 7.84. The van der Waals surface area contributed by atoms with E-state index in [2.05, 4.69) is 15.3 Å². The number of nitrogens with one attached hydrogen (secondary N) is 1. The molecule has 0 aliphatic heterocycles. The molecule has 1 atom stereocenters. The highest BCUT2D eigenvalue weighted by Gasteiger charge is 2.22. The van der Waals surface area contributed by atoms with Crippen LogP contribution in [-0.2, 0) is 0 Å². The summed E-state index contributed by atoms with van der Waals surface area (Å²) in [6.07, 6.45) is 0. The zero-order valence-corrected chi connectivity index (χ0v) is 16.2. The Morgan fingerprint density at radius 1 is 1.12 bits per heavy atom. The lowest BCUT2D eigenvalue weighted by atomic mass is 10.3. The maximum atomic E-state index is 12.6. The average Bonchev–Trinajstić information content (AvgIpc) is 3.25. The summed E-state index contributed by atoms with van der Waals surface area (Å²) in [4.78, 5) is 33.1. The molecule has 3 rings (SSSR count). The summed E-state index contributed by atoms with van der Waals surface area (Å²) in [5, 5.41) is 13.2. The molecule has 0 aliphatic carbocycles. The van der Waals surface area contributed by atoms with Crippen molar-refractivity contribution in [3.8, 4) is 10.8 Å². The number of aromatic nitrogens is 2. The summed E-state index contributed by atoms with van der Waals surface area (Å²) >= 11 is 2.33. The van der Waals surface area contributed by atoms with Gasteiger partial charge in [-0.05, 0) is 39.8 Å². The predicted molar refractivity (Wildman–Crippen MR) is 99.0 cm³/mol. The van der Waals surface area contributed by atoms with Gasteiger partial charge in [0.15, 0.2) is 10.8 Å².